The highest BCUT2D eigenvalue weighted by Crippen LogP contribution is 2.13. The van der Waals surface area contributed by atoms with Gasteiger partial charge in [0.1, 0.15) is 0 Å². The third-order valence-corrected chi connectivity index (χ3v) is 4.21. The Hall–Kier alpha value is -0.810. The number of nitrogens with zero attached hydrogens (tertiary/aromatic N) is 3. The molecule has 1 unspecified atom stereocenters. The summed E-state index contributed by atoms with van der Waals surface area (Å²) in [5.74, 6) is 0.542. The molecular weight excluding hydrogens is 240 g/mol. The molecule has 0 aromatic rings. The maximum absolute atomic E-state index is 12.4. The van der Waals surface area contributed by atoms with Crippen molar-refractivity contribution in [1.82, 2.24) is 14.7 Å². The first-order valence-corrected chi connectivity index (χ1v) is 7.67. The van der Waals surface area contributed by atoms with Crippen molar-refractivity contribution < 1.29 is 4.79 Å². The number of urea groups is 1. The van der Waals surface area contributed by atoms with E-state index in [1.807, 2.05) is 9.80 Å². The molecule has 2 fully saturated rings. The SMILES string of the molecule is CC(CN)CN1CCCN(C(=O)N2CCCC2)CC1. The molecule has 5 heteroatoms. The first-order valence-electron chi connectivity index (χ1n) is 7.67. The Balaban J connectivity index is 1.80. The second-order valence-corrected chi connectivity index (χ2v) is 5.96. The second-order valence-electron chi connectivity index (χ2n) is 5.96. The van der Waals surface area contributed by atoms with Gasteiger partial charge in [-0.25, -0.2) is 4.79 Å². The van der Waals surface area contributed by atoms with Gasteiger partial charge in [0.2, 0.25) is 0 Å². The zero-order chi connectivity index (χ0) is 13.7. The zero-order valence-corrected chi connectivity index (χ0v) is 12.2. The summed E-state index contributed by atoms with van der Waals surface area (Å²) in [4.78, 5) is 18.9. The van der Waals surface area contributed by atoms with Crippen molar-refractivity contribution >= 4 is 6.03 Å². The fourth-order valence-corrected chi connectivity index (χ4v) is 2.97. The Bertz CT molecular complexity index is 291. The molecule has 2 amide bonds. The molecule has 1 atom stereocenters. The van der Waals surface area contributed by atoms with E-state index >= 15 is 0 Å². The molecule has 0 aromatic carbocycles. The van der Waals surface area contributed by atoms with Gasteiger partial charge in [-0.15, -0.1) is 0 Å². The molecule has 0 radical (unpaired) electrons. The number of carbonyl (C=O) groups excluding carboxylic acids is 1. The number of carbonyl (C=O) groups is 1. The molecule has 0 saturated carbocycles. The fraction of sp³-hybridized carbons (Fsp3) is 0.929. The molecule has 2 heterocycles. The molecule has 0 aromatic heterocycles. The molecule has 2 aliphatic heterocycles. The van der Waals surface area contributed by atoms with Crippen LogP contribution in [-0.2, 0) is 0 Å². The van der Waals surface area contributed by atoms with Crippen LogP contribution < -0.4 is 5.73 Å². The summed E-state index contributed by atoms with van der Waals surface area (Å²) in [6.45, 7) is 9.74. The van der Waals surface area contributed by atoms with Gasteiger partial charge in [0.25, 0.3) is 0 Å². The Morgan fingerprint density at radius 3 is 2.32 bits per heavy atom. The molecule has 2 aliphatic rings. The summed E-state index contributed by atoms with van der Waals surface area (Å²) in [6.07, 6.45) is 3.41. The quantitative estimate of drug-likeness (QED) is 0.824. The van der Waals surface area contributed by atoms with Gasteiger partial charge in [-0.1, -0.05) is 6.92 Å². The van der Waals surface area contributed by atoms with Crippen molar-refractivity contribution in [2.75, 3.05) is 52.4 Å². The van der Waals surface area contributed by atoms with E-state index < -0.39 is 0 Å². The van der Waals surface area contributed by atoms with Gasteiger partial charge in [0.15, 0.2) is 0 Å². The lowest BCUT2D eigenvalue weighted by atomic mass is 10.1. The minimum atomic E-state index is 0.256. The minimum absolute atomic E-state index is 0.256. The lowest BCUT2D eigenvalue weighted by molar-refractivity contribution is 0.162. The number of nitrogens with two attached hydrogens (primary N) is 1. The van der Waals surface area contributed by atoms with Crippen LogP contribution in [0.1, 0.15) is 26.2 Å². The average molecular weight is 268 g/mol. The third-order valence-electron chi connectivity index (χ3n) is 4.21. The Morgan fingerprint density at radius 2 is 1.63 bits per heavy atom. The molecule has 2 N–H and O–H groups in total. The lowest BCUT2D eigenvalue weighted by Gasteiger charge is -2.27. The summed E-state index contributed by atoms with van der Waals surface area (Å²) in [5.41, 5.74) is 5.69. The van der Waals surface area contributed by atoms with Crippen LogP contribution >= 0.6 is 0 Å². The van der Waals surface area contributed by atoms with Crippen molar-refractivity contribution in [3.05, 3.63) is 0 Å². The van der Waals surface area contributed by atoms with Crippen LogP contribution in [0.4, 0.5) is 4.79 Å². The van der Waals surface area contributed by atoms with Gasteiger partial charge in [-0.05, 0) is 38.3 Å². The van der Waals surface area contributed by atoms with E-state index in [1.54, 1.807) is 0 Å². The Kier molecular flexibility index (Phi) is 5.45. The highest BCUT2D eigenvalue weighted by atomic mass is 16.2. The predicted molar refractivity (Wildman–Crippen MR) is 77.1 cm³/mol. The molecule has 0 spiro atoms. The second kappa shape index (κ2) is 7.10. The van der Waals surface area contributed by atoms with Crippen LogP contribution in [0, 0.1) is 5.92 Å². The van der Waals surface area contributed by atoms with E-state index in [0.29, 0.717) is 5.92 Å². The number of hydrogen-bond donors (Lipinski definition) is 1. The Morgan fingerprint density at radius 1 is 1.00 bits per heavy atom. The first-order chi connectivity index (χ1) is 9.20. The van der Waals surface area contributed by atoms with Crippen molar-refractivity contribution in [2.45, 2.75) is 26.2 Å². The fourth-order valence-electron chi connectivity index (χ4n) is 2.97. The topological polar surface area (TPSA) is 52.8 Å². The normalized spacial score (nSPS) is 23.5. The van der Waals surface area contributed by atoms with Crippen molar-refractivity contribution in [3.8, 4) is 0 Å². The van der Waals surface area contributed by atoms with Crippen LogP contribution in [0.2, 0.25) is 0 Å². The minimum Gasteiger partial charge on any atom is -0.330 e. The number of hydrogen-bond acceptors (Lipinski definition) is 3. The van der Waals surface area contributed by atoms with Crippen LogP contribution in [0.25, 0.3) is 0 Å². The maximum Gasteiger partial charge on any atom is 0.320 e. The summed E-state index contributed by atoms with van der Waals surface area (Å²) in [6, 6.07) is 0.256. The molecule has 0 aliphatic carbocycles. The van der Waals surface area contributed by atoms with Crippen molar-refractivity contribution in [2.24, 2.45) is 11.7 Å². The van der Waals surface area contributed by atoms with E-state index in [9.17, 15) is 4.79 Å². The number of amides is 2. The number of likely N-dealkylation sites (tertiary alicyclic amines) is 1. The zero-order valence-electron chi connectivity index (χ0n) is 12.2. The van der Waals surface area contributed by atoms with Gasteiger partial charge in [0.05, 0.1) is 0 Å². The van der Waals surface area contributed by atoms with Gasteiger partial charge < -0.3 is 20.4 Å². The van der Waals surface area contributed by atoms with E-state index in [0.717, 1.165) is 58.8 Å². The van der Waals surface area contributed by atoms with Gasteiger partial charge in [-0.3, -0.25) is 0 Å². The third kappa shape index (κ3) is 4.08. The highest BCUT2D eigenvalue weighted by molar-refractivity contribution is 5.74. The summed E-state index contributed by atoms with van der Waals surface area (Å²) in [5, 5.41) is 0. The van der Waals surface area contributed by atoms with E-state index in [2.05, 4.69) is 11.8 Å². The molecule has 2 saturated heterocycles. The lowest BCUT2D eigenvalue weighted by Crippen LogP contribution is -2.43. The van der Waals surface area contributed by atoms with Crippen molar-refractivity contribution in [1.29, 1.82) is 0 Å². The average Bonchev–Trinajstić information content (AvgIpc) is 2.85. The monoisotopic (exact) mass is 268 g/mol. The van der Waals surface area contributed by atoms with E-state index in [1.165, 1.54) is 12.8 Å². The standard InChI is InChI=1S/C14H28N4O/c1-13(11-15)12-16-5-4-8-18(10-9-16)14(19)17-6-2-3-7-17/h13H,2-12,15H2,1H3. The van der Waals surface area contributed by atoms with Crippen LogP contribution in [0.3, 0.4) is 0 Å². The number of rotatable bonds is 3. The highest BCUT2D eigenvalue weighted by Gasteiger charge is 2.25. The molecule has 0 bridgehead atoms. The maximum atomic E-state index is 12.4. The van der Waals surface area contributed by atoms with Crippen molar-refractivity contribution in [3.63, 3.8) is 0 Å². The summed E-state index contributed by atoms with van der Waals surface area (Å²) < 4.78 is 0. The van der Waals surface area contributed by atoms with Crippen LogP contribution in [-0.4, -0.2) is 73.1 Å². The molecular formula is C14H28N4O. The Labute approximate surface area is 116 Å². The summed E-state index contributed by atoms with van der Waals surface area (Å²) in [7, 11) is 0. The smallest absolute Gasteiger partial charge is 0.320 e. The van der Waals surface area contributed by atoms with E-state index in [4.69, 9.17) is 5.73 Å². The van der Waals surface area contributed by atoms with Gasteiger partial charge in [0, 0.05) is 39.3 Å². The van der Waals surface area contributed by atoms with Gasteiger partial charge in [-0.2, -0.15) is 0 Å². The van der Waals surface area contributed by atoms with E-state index in [-0.39, 0.29) is 6.03 Å². The summed E-state index contributed by atoms with van der Waals surface area (Å²) >= 11 is 0. The predicted octanol–water partition coefficient (Wildman–Crippen LogP) is 0.805. The molecule has 19 heavy (non-hydrogen) atoms. The molecule has 5 nitrogen and oxygen atoms in total. The molecule has 110 valence electrons. The van der Waals surface area contributed by atoms with Gasteiger partial charge >= 0.3 is 6.03 Å². The first kappa shape index (κ1) is 14.6. The largest absolute Gasteiger partial charge is 0.330 e. The van der Waals surface area contributed by atoms with Crippen LogP contribution in [0.5, 0.6) is 0 Å². The molecule has 2 rings (SSSR count). The van der Waals surface area contributed by atoms with Crippen LogP contribution in [0.15, 0.2) is 0 Å².